The van der Waals surface area contributed by atoms with E-state index in [0.29, 0.717) is 6.04 Å². The summed E-state index contributed by atoms with van der Waals surface area (Å²) in [5.74, 6) is 0. The molecule has 0 spiro atoms. The van der Waals surface area contributed by atoms with E-state index in [1.165, 1.54) is 21.5 Å². The number of aliphatic hydroxyl groups is 1. The molecule has 1 fully saturated rings. The zero-order valence-electron chi connectivity index (χ0n) is 9.29. The first-order chi connectivity index (χ1) is 7.75. The lowest BCUT2D eigenvalue weighted by Gasteiger charge is -2.28. The number of hydrogen-bond acceptors (Lipinski definition) is 3. The second kappa shape index (κ2) is 6.15. The minimum Gasteiger partial charge on any atom is -0.392 e. The standard InChI is InChI=1S/C12H18BrNOS/c13-12-6-5-9(16-12)7-8-14-10-3-1-2-4-11(10)15/h5-6,10-11,14-15H,1-4,7-8H2. The lowest BCUT2D eigenvalue weighted by atomic mass is 9.92. The lowest BCUT2D eigenvalue weighted by molar-refractivity contribution is 0.0914. The summed E-state index contributed by atoms with van der Waals surface area (Å²) >= 11 is 5.26. The Kier molecular flexibility index (Phi) is 4.82. The minimum atomic E-state index is -0.135. The van der Waals surface area contributed by atoms with Crippen LogP contribution in [0.5, 0.6) is 0 Å². The highest BCUT2D eigenvalue weighted by Gasteiger charge is 2.21. The van der Waals surface area contributed by atoms with Crippen molar-refractivity contribution in [3.8, 4) is 0 Å². The number of nitrogens with one attached hydrogen (secondary N) is 1. The molecule has 1 aromatic rings. The fraction of sp³-hybridized carbons (Fsp3) is 0.667. The molecule has 2 N–H and O–H groups in total. The van der Waals surface area contributed by atoms with Gasteiger partial charge in [-0.15, -0.1) is 11.3 Å². The molecule has 2 nitrogen and oxygen atoms in total. The van der Waals surface area contributed by atoms with Gasteiger partial charge < -0.3 is 10.4 Å². The first-order valence-corrected chi connectivity index (χ1v) is 7.52. The molecule has 1 aliphatic carbocycles. The predicted molar refractivity (Wildman–Crippen MR) is 72.0 cm³/mol. The Bertz CT molecular complexity index is 329. The molecule has 2 unspecified atom stereocenters. The zero-order valence-corrected chi connectivity index (χ0v) is 11.7. The van der Waals surface area contributed by atoms with Gasteiger partial charge in [-0.25, -0.2) is 0 Å². The molecule has 4 heteroatoms. The van der Waals surface area contributed by atoms with Gasteiger partial charge in [-0.3, -0.25) is 0 Å². The Labute approximate surface area is 109 Å². The SMILES string of the molecule is OC1CCCCC1NCCc1ccc(Br)s1. The molecule has 2 atom stereocenters. The first kappa shape index (κ1) is 12.6. The Balaban J connectivity index is 1.71. The Morgan fingerprint density at radius 2 is 2.19 bits per heavy atom. The molecule has 1 aliphatic rings. The lowest BCUT2D eigenvalue weighted by Crippen LogP contribution is -2.42. The summed E-state index contributed by atoms with van der Waals surface area (Å²) in [6, 6.07) is 4.57. The third-order valence-electron chi connectivity index (χ3n) is 3.14. The number of aliphatic hydroxyl groups excluding tert-OH is 1. The summed E-state index contributed by atoms with van der Waals surface area (Å²) in [6.45, 7) is 0.967. The topological polar surface area (TPSA) is 32.3 Å². The highest BCUT2D eigenvalue weighted by molar-refractivity contribution is 9.11. The molecule has 1 aromatic heterocycles. The van der Waals surface area contributed by atoms with Crippen molar-refractivity contribution in [2.45, 2.75) is 44.2 Å². The molecule has 16 heavy (non-hydrogen) atoms. The Morgan fingerprint density at radius 1 is 1.38 bits per heavy atom. The molecule has 2 rings (SSSR count). The maximum Gasteiger partial charge on any atom is 0.0701 e. The molecule has 90 valence electrons. The first-order valence-electron chi connectivity index (χ1n) is 5.91. The third kappa shape index (κ3) is 3.55. The Hall–Kier alpha value is 0.1000. The highest BCUT2D eigenvalue weighted by atomic mass is 79.9. The van der Waals surface area contributed by atoms with Gasteiger partial charge in [0.15, 0.2) is 0 Å². The predicted octanol–water partition coefficient (Wildman–Crippen LogP) is 2.95. The van der Waals surface area contributed by atoms with Crippen molar-refractivity contribution in [2.24, 2.45) is 0 Å². The molecule has 0 aromatic carbocycles. The summed E-state index contributed by atoms with van der Waals surface area (Å²) in [7, 11) is 0. The molecule has 0 aliphatic heterocycles. The van der Waals surface area contributed by atoms with Gasteiger partial charge in [-0.2, -0.15) is 0 Å². The van der Waals surface area contributed by atoms with Gasteiger partial charge in [0.1, 0.15) is 0 Å². The largest absolute Gasteiger partial charge is 0.392 e. The van der Waals surface area contributed by atoms with Crippen LogP contribution in [-0.4, -0.2) is 23.8 Å². The van der Waals surface area contributed by atoms with Crippen molar-refractivity contribution in [3.63, 3.8) is 0 Å². The quantitative estimate of drug-likeness (QED) is 0.896. The van der Waals surface area contributed by atoms with Crippen LogP contribution in [0.15, 0.2) is 15.9 Å². The molecule has 0 radical (unpaired) electrons. The van der Waals surface area contributed by atoms with Crippen molar-refractivity contribution >= 4 is 27.3 Å². The van der Waals surface area contributed by atoms with E-state index in [0.717, 1.165) is 25.8 Å². The second-order valence-electron chi connectivity index (χ2n) is 4.37. The summed E-state index contributed by atoms with van der Waals surface area (Å²) in [5, 5.41) is 13.3. The van der Waals surface area contributed by atoms with Crippen LogP contribution >= 0.6 is 27.3 Å². The van der Waals surface area contributed by atoms with E-state index in [-0.39, 0.29) is 6.10 Å². The number of hydrogen-bond donors (Lipinski definition) is 2. The van der Waals surface area contributed by atoms with E-state index in [4.69, 9.17) is 0 Å². The monoisotopic (exact) mass is 303 g/mol. The van der Waals surface area contributed by atoms with Gasteiger partial charge >= 0.3 is 0 Å². The fourth-order valence-electron chi connectivity index (χ4n) is 2.22. The maximum absolute atomic E-state index is 9.80. The number of thiophene rings is 1. The van der Waals surface area contributed by atoms with Gasteiger partial charge in [0.2, 0.25) is 0 Å². The van der Waals surface area contributed by atoms with Crippen molar-refractivity contribution in [1.82, 2.24) is 5.32 Å². The van der Waals surface area contributed by atoms with Crippen molar-refractivity contribution in [3.05, 3.63) is 20.8 Å². The average molecular weight is 304 g/mol. The summed E-state index contributed by atoms with van der Waals surface area (Å²) in [5.41, 5.74) is 0. The van der Waals surface area contributed by atoms with Crippen LogP contribution < -0.4 is 5.32 Å². The smallest absolute Gasteiger partial charge is 0.0701 e. The van der Waals surface area contributed by atoms with Crippen molar-refractivity contribution in [2.75, 3.05) is 6.54 Å². The number of halogens is 1. The summed E-state index contributed by atoms with van der Waals surface area (Å²) in [6.07, 6.45) is 5.43. The molecule has 0 bridgehead atoms. The molecule has 1 heterocycles. The minimum absolute atomic E-state index is 0.135. The molecule has 0 saturated heterocycles. The van der Waals surface area contributed by atoms with Crippen LogP contribution in [0.2, 0.25) is 0 Å². The molecular weight excluding hydrogens is 286 g/mol. The van der Waals surface area contributed by atoms with Crippen LogP contribution in [0.3, 0.4) is 0 Å². The van der Waals surface area contributed by atoms with Crippen LogP contribution in [0.1, 0.15) is 30.6 Å². The summed E-state index contributed by atoms with van der Waals surface area (Å²) < 4.78 is 1.19. The molecule has 0 amide bonds. The van der Waals surface area contributed by atoms with Gasteiger partial charge in [0, 0.05) is 17.5 Å². The zero-order chi connectivity index (χ0) is 11.4. The summed E-state index contributed by atoms with van der Waals surface area (Å²) in [4.78, 5) is 1.39. The third-order valence-corrected chi connectivity index (χ3v) is 4.82. The Morgan fingerprint density at radius 3 is 2.88 bits per heavy atom. The van der Waals surface area contributed by atoms with Gasteiger partial charge in [-0.1, -0.05) is 12.8 Å². The number of rotatable bonds is 4. The van der Waals surface area contributed by atoms with Crippen molar-refractivity contribution < 1.29 is 5.11 Å². The van der Waals surface area contributed by atoms with E-state index < -0.39 is 0 Å². The van der Waals surface area contributed by atoms with Crippen LogP contribution in [-0.2, 0) is 6.42 Å². The molecular formula is C12H18BrNOS. The van der Waals surface area contributed by atoms with E-state index in [9.17, 15) is 5.11 Å². The normalized spacial score (nSPS) is 25.9. The highest BCUT2D eigenvalue weighted by Crippen LogP contribution is 2.22. The van der Waals surface area contributed by atoms with E-state index in [1.54, 1.807) is 11.3 Å². The molecule has 1 saturated carbocycles. The van der Waals surface area contributed by atoms with Gasteiger partial charge in [0.05, 0.1) is 9.89 Å². The van der Waals surface area contributed by atoms with Crippen LogP contribution in [0.25, 0.3) is 0 Å². The second-order valence-corrected chi connectivity index (χ2v) is 6.92. The van der Waals surface area contributed by atoms with E-state index in [1.807, 2.05) is 0 Å². The van der Waals surface area contributed by atoms with Gasteiger partial charge in [-0.05, 0) is 47.3 Å². The van der Waals surface area contributed by atoms with Crippen LogP contribution in [0, 0.1) is 0 Å². The van der Waals surface area contributed by atoms with Crippen molar-refractivity contribution in [1.29, 1.82) is 0 Å². The average Bonchev–Trinajstić information content (AvgIpc) is 2.67. The van der Waals surface area contributed by atoms with E-state index >= 15 is 0 Å². The fourth-order valence-corrected chi connectivity index (χ4v) is 3.70. The maximum atomic E-state index is 9.80. The van der Waals surface area contributed by atoms with Gasteiger partial charge in [0.25, 0.3) is 0 Å². The van der Waals surface area contributed by atoms with E-state index in [2.05, 4.69) is 33.4 Å². The van der Waals surface area contributed by atoms with Crippen LogP contribution in [0.4, 0.5) is 0 Å².